The van der Waals surface area contributed by atoms with Gasteiger partial charge in [-0.2, -0.15) is 0 Å². The summed E-state index contributed by atoms with van der Waals surface area (Å²) in [6.45, 7) is 0. The van der Waals surface area contributed by atoms with E-state index >= 15 is 0 Å². The van der Waals surface area contributed by atoms with Crippen molar-refractivity contribution in [3.8, 4) is 11.4 Å². The number of ether oxygens (including phenoxy) is 1. The van der Waals surface area contributed by atoms with Crippen LogP contribution in [0.1, 0.15) is 10.4 Å². The van der Waals surface area contributed by atoms with Crippen molar-refractivity contribution in [2.24, 2.45) is 0 Å². The van der Waals surface area contributed by atoms with Crippen molar-refractivity contribution in [1.29, 1.82) is 0 Å². The molecule has 0 bridgehead atoms. The van der Waals surface area contributed by atoms with Crippen LogP contribution in [-0.2, 0) is 0 Å². The number of methoxy groups -OCH3 is 1. The summed E-state index contributed by atoms with van der Waals surface area (Å²) in [7, 11) is 2.54. The number of anilines is 1. The van der Waals surface area contributed by atoms with Gasteiger partial charge in [0.1, 0.15) is 17.2 Å². The molecule has 10 heteroatoms. The van der Waals surface area contributed by atoms with Crippen molar-refractivity contribution in [3.63, 3.8) is 0 Å². The summed E-state index contributed by atoms with van der Waals surface area (Å²) in [5.74, 6) is -4.90. The maximum absolute atomic E-state index is 14.5. The summed E-state index contributed by atoms with van der Waals surface area (Å²) in [6.07, 6.45) is 0.839. The third-order valence-corrected chi connectivity index (χ3v) is 4.51. The molecular formula is C18H12ClF3N2O4. The topological polar surface area (TPSA) is 80.6 Å². The van der Waals surface area contributed by atoms with Gasteiger partial charge in [0.2, 0.25) is 5.43 Å². The zero-order valence-corrected chi connectivity index (χ0v) is 15.2. The fourth-order valence-electron chi connectivity index (χ4n) is 2.85. The van der Waals surface area contributed by atoms with Gasteiger partial charge in [0.05, 0.1) is 34.4 Å². The number of halogens is 4. The van der Waals surface area contributed by atoms with Crippen molar-refractivity contribution in [1.82, 2.24) is 4.57 Å². The van der Waals surface area contributed by atoms with Crippen LogP contribution in [-0.4, -0.2) is 29.8 Å². The molecule has 28 heavy (non-hydrogen) atoms. The Bertz CT molecular complexity index is 1190. The molecule has 0 aliphatic carbocycles. The highest BCUT2D eigenvalue weighted by Crippen LogP contribution is 2.35. The summed E-state index contributed by atoms with van der Waals surface area (Å²) >= 11 is 6.23. The molecule has 0 aliphatic rings. The molecule has 0 unspecified atom stereocenters. The number of nitrogens with one attached hydrogen (secondary N) is 1. The number of fused-ring (bicyclic) bond motifs is 1. The Labute approximate surface area is 160 Å². The first-order valence-electron chi connectivity index (χ1n) is 7.73. The SMILES string of the molecule is CNc1c(F)cc2c(=O)c(C(=O)O)cn(-c3cc(OC)c(F)cc3F)c2c1Cl. The molecule has 0 saturated heterocycles. The lowest BCUT2D eigenvalue weighted by atomic mass is 10.1. The van der Waals surface area contributed by atoms with Crippen molar-refractivity contribution in [3.05, 3.63) is 62.7 Å². The molecular weight excluding hydrogens is 401 g/mol. The van der Waals surface area contributed by atoms with Crippen LogP contribution in [0.3, 0.4) is 0 Å². The number of nitrogens with zero attached hydrogens (tertiary/aromatic N) is 1. The molecule has 0 atom stereocenters. The molecule has 0 spiro atoms. The summed E-state index contributed by atoms with van der Waals surface area (Å²) in [5.41, 5.74) is -2.43. The summed E-state index contributed by atoms with van der Waals surface area (Å²) in [5, 5.41) is 11.2. The average molecular weight is 413 g/mol. The van der Waals surface area contributed by atoms with Gasteiger partial charge in [-0.15, -0.1) is 0 Å². The van der Waals surface area contributed by atoms with Crippen LogP contribution in [0.15, 0.2) is 29.2 Å². The largest absolute Gasteiger partial charge is 0.494 e. The molecule has 0 amide bonds. The zero-order valence-electron chi connectivity index (χ0n) is 14.4. The maximum atomic E-state index is 14.5. The molecule has 2 aromatic carbocycles. The van der Waals surface area contributed by atoms with Crippen molar-refractivity contribution in [2.45, 2.75) is 0 Å². The lowest BCUT2D eigenvalue weighted by molar-refractivity contribution is 0.0695. The van der Waals surface area contributed by atoms with Crippen molar-refractivity contribution >= 4 is 34.2 Å². The highest BCUT2D eigenvalue weighted by Gasteiger charge is 2.23. The summed E-state index contributed by atoms with van der Waals surface area (Å²) in [6, 6.07) is 2.31. The molecule has 0 saturated carbocycles. The number of hydrogen-bond acceptors (Lipinski definition) is 4. The molecule has 0 radical (unpaired) electrons. The standard InChI is InChI=1S/C18H12ClF3N2O4/c1-23-15-11(22)3-7-16(14(15)19)24(6-8(17(7)25)18(26)27)12-5-13(28-2)10(21)4-9(12)20/h3-6,23H,1-2H3,(H,26,27). The van der Waals surface area contributed by atoms with Crippen molar-refractivity contribution < 1.29 is 27.8 Å². The minimum Gasteiger partial charge on any atom is -0.494 e. The Balaban J connectivity index is 2.57. The lowest BCUT2D eigenvalue weighted by Crippen LogP contribution is -2.19. The molecule has 0 fully saturated rings. The van der Waals surface area contributed by atoms with Gasteiger partial charge in [0.25, 0.3) is 0 Å². The fourth-order valence-corrected chi connectivity index (χ4v) is 3.22. The smallest absolute Gasteiger partial charge is 0.341 e. The first-order chi connectivity index (χ1) is 13.2. The molecule has 1 heterocycles. The highest BCUT2D eigenvalue weighted by molar-refractivity contribution is 6.38. The predicted molar refractivity (Wildman–Crippen MR) is 97.5 cm³/mol. The van der Waals surface area contributed by atoms with E-state index in [2.05, 4.69) is 5.32 Å². The maximum Gasteiger partial charge on any atom is 0.341 e. The molecule has 0 aliphatic heterocycles. The monoisotopic (exact) mass is 412 g/mol. The second kappa shape index (κ2) is 7.08. The Morgan fingerprint density at radius 2 is 1.86 bits per heavy atom. The van der Waals surface area contributed by atoms with Gasteiger partial charge in [-0.05, 0) is 6.07 Å². The first kappa shape index (κ1) is 19.6. The number of benzene rings is 2. The molecule has 2 N–H and O–H groups in total. The minimum atomic E-state index is -1.61. The molecule has 146 valence electrons. The van der Waals surface area contributed by atoms with Crippen molar-refractivity contribution in [2.75, 3.05) is 19.5 Å². The Hall–Kier alpha value is -3.20. The van der Waals surface area contributed by atoms with E-state index in [1.54, 1.807) is 0 Å². The van der Waals surface area contributed by atoms with E-state index in [9.17, 15) is 27.9 Å². The van der Waals surface area contributed by atoms with Gasteiger partial charge in [-0.1, -0.05) is 11.6 Å². The third-order valence-electron chi connectivity index (χ3n) is 4.14. The third kappa shape index (κ3) is 2.93. The van der Waals surface area contributed by atoms with Crippen LogP contribution in [0, 0.1) is 17.5 Å². The van der Waals surface area contributed by atoms with Gasteiger partial charge < -0.3 is 19.7 Å². The Kier molecular flexibility index (Phi) is 4.95. The minimum absolute atomic E-state index is 0.157. The Morgan fingerprint density at radius 3 is 2.43 bits per heavy atom. The van der Waals surface area contributed by atoms with Crippen LogP contribution in [0.25, 0.3) is 16.6 Å². The van der Waals surface area contributed by atoms with E-state index < -0.39 is 34.4 Å². The highest BCUT2D eigenvalue weighted by atomic mass is 35.5. The number of carboxylic acids is 1. The number of aromatic nitrogens is 1. The number of carbonyl (C=O) groups is 1. The molecule has 1 aromatic heterocycles. The predicted octanol–water partition coefficient (Wildman–Crippen LogP) is 3.81. The van der Waals surface area contributed by atoms with E-state index in [1.807, 2.05) is 0 Å². The normalized spacial score (nSPS) is 10.9. The van der Waals surface area contributed by atoms with E-state index in [0.717, 1.165) is 30.0 Å². The molecule has 6 nitrogen and oxygen atoms in total. The number of carboxylic acid groups (broad SMARTS) is 1. The van der Waals surface area contributed by atoms with E-state index in [-0.39, 0.29) is 33.0 Å². The molecule has 3 rings (SSSR count). The van der Waals surface area contributed by atoms with Gasteiger partial charge >= 0.3 is 5.97 Å². The van der Waals surface area contributed by atoms with Crippen LogP contribution >= 0.6 is 11.6 Å². The second-order valence-electron chi connectivity index (χ2n) is 5.68. The number of pyridine rings is 1. The fraction of sp³-hybridized carbons (Fsp3) is 0.111. The number of aromatic carboxylic acids is 1. The van der Waals surface area contributed by atoms with Crippen LogP contribution < -0.4 is 15.5 Å². The Morgan fingerprint density at radius 1 is 1.18 bits per heavy atom. The van der Waals surface area contributed by atoms with Gasteiger partial charge in [0, 0.05) is 25.4 Å². The van der Waals surface area contributed by atoms with Gasteiger partial charge in [-0.25, -0.2) is 18.0 Å². The van der Waals surface area contributed by atoms with Crippen LogP contribution in [0.4, 0.5) is 18.9 Å². The van der Waals surface area contributed by atoms with E-state index in [1.165, 1.54) is 7.05 Å². The number of rotatable bonds is 4. The zero-order chi connectivity index (χ0) is 20.7. The van der Waals surface area contributed by atoms with E-state index in [4.69, 9.17) is 16.3 Å². The van der Waals surface area contributed by atoms with Crippen LogP contribution in [0.2, 0.25) is 5.02 Å². The summed E-state index contributed by atoms with van der Waals surface area (Å²) < 4.78 is 48.4. The first-order valence-corrected chi connectivity index (χ1v) is 8.10. The number of hydrogen-bond donors (Lipinski definition) is 2. The quantitative estimate of drug-likeness (QED) is 0.681. The van der Waals surface area contributed by atoms with E-state index in [0.29, 0.717) is 6.07 Å². The summed E-state index contributed by atoms with van der Waals surface area (Å²) in [4.78, 5) is 24.0. The average Bonchev–Trinajstić information content (AvgIpc) is 2.63. The van der Waals surface area contributed by atoms with Crippen LogP contribution in [0.5, 0.6) is 5.75 Å². The lowest BCUT2D eigenvalue weighted by Gasteiger charge is -2.17. The van der Waals surface area contributed by atoms with Gasteiger partial charge in [-0.3, -0.25) is 4.79 Å². The molecule has 3 aromatic rings. The second-order valence-corrected chi connectivity index (χ2v) is 6.06. The van der Waals surface area contributed by atoms with Gasteiger partial charge in [0.15, 0.2) is 11.6 Å².